The number of amides is 1. The van der Waals surface area contributed by atoms with Gasteiger partial charge >= 0.3 is 0 Å². The van der Waals surface area contributed by atoms with Crippen LogP contribution in [0.15, 0.2) is 62.7 Å². The molecule has 0 radical (unpaired) electrons. The second kappa shape index (κ2) is 7.77. The van der Waals surface area contributed by atoms with Gasteiger partial charge in [0.2, 0.25) is 5.43 Å². The summed E-state index contributed by atoms with van der Waals surface area (Å²) in [6.07, 6.45) is 3.31. The fourth-order valence-electron chi connectivity index (χ4n) is 5.72. The lowest BCUT2D eigenvalue weighted by atomic mass is 10.1. The predicted octanol–water partition coefficient (Wildman–Crippen LogP) is 5.11. The van der Waals surface area contributed by atoms with Gasteiger partial charge < -0.3 is 19.0 Å². The Bertz CT molecular complexity index is 2040. The van der Waals surface area contributed by atoms with Crippen molar-refractivity contribution in [2.45, 2.75) is 19.8 Å². The maximum absolute atomic E-state index is 15.3. The molecule has 6 aromatic rings. The summed E-state index contributed by atoms with van der Waals surface area (Å²) in [4.78, 5) is 41.7. The Morgan fingerprint density at radius 1 is 0.973 bits per heavy atom. The van der Waals surface area contributed by atoms with Crippen molar-refractivity contribution in [1.82, 2.24) is 9.30 Å². The summed E-state index contributed by atoms with van der Waals surface area (Å²) >= 11 is 0. The van der Waals surface area contributed by atoms with Gasteiger partial charge in [-0.3, -0.25) is 14.4 Å². The van der Waals surface area contributed by atoms with Crippen LogP contribution in [0.5, 0.6) is 0 Å². The third-order valence-electron chi connectivity index (χ3n) is 7.45. The zero-order chi connectivity index (χ0) is 25.4. The minimum atomic E-state index is -0.646. The molecule has 37 heavy (non-hydrogen) atoms. The Balaban J connectivity index is 1.68. The van der Waals surface area contributed by atoms with Gasteiger partial charge in [0.1, 0.15) is 16.8 Å². The maximum Gasteiger partial charge on any atom is 0.259 e. The molecule has 0 unspecified atom stereocenters. The van der Waals surface area contributed by atoms with Crippen LogP contribution in [0.1, 0.15) is 30.1 Å². The van der Waals surface area contributed by atoms with E-state index in [1.165, 1.54) is 6.07 Å². The molecule has 1 amide bonds. The van der Waals surface area contributed by atoms with E-state index in [1.807, 2.05) is 31.2 Å². The monoisotopic (exact) mass is 495 g/mol. The van der Waals surface area contributed by atoms with E-state index >= 15 is 4.39 Å². The quantitative estimate of drug-likeness (QED) is 0.273. The smallest absolute Gasteiger partial charge is 0.259 e. The van der Waals surface area contributed by atoms with Crippen molar-refractivity contribution in [1.29, 1.82) is 0 Å². The normalized spacial score (nSPS) is 14.2. The van der Waals surface area contributed by atoms with Crippen molar-refractivity contribution < 1.29 is 13.6 Å². The van der Waals surface area contributed by atoms with E-state index in [2.05, 4.69) is 5.32 Å². The number of nitrogens with zero attached hydrogens (tertiary/aromatic N) is 2. The zero-order valence-electron chi connectivity index (χ0n) is 20.1. The van der Waals surface area contributed by atoms with Crippen molar-refractivity contribution in [3.05, 3.63) is 80.5 Å². The van der Waals surface area contributed by atoms with Crippen molar-refractivity contribution in [3.63, 3.8) is 0 Å². The predicted molar refractivity (Wildman–Crippen MR) is 143 cm³/mol. The summed E-state index contributed by atoms with van der Waals surface area (Å²) in [6.45, 7) is 3.43. The first-order chi connectivity index (χ1) is 18.0. The fraction of sp³-hybridized carbons (Fsp3) is 0.207. The molecule has 0 spiro atoms. The number of aromatic nitrogens is 1. The number of rotatable bonds is 3. The first kappa shape index (κ1) is 21.8. The van der Waals surface area contributed by atoms with E-state index in [4.69, 9.17) is 4.42 Å². The summed E-state index contributed by atoms with van der Waals surface area (Å²) in [7, 11) is 0. The lowest BCUT2D eigenvalue weighted by Gasteiger charge is -2.18. The van der Waals surface area contributed by atoms with Crippen molar-refractivity contribution >= 4 is 60.7 Å². The molecule has 1 fully saturated rings. The highest BCUT2D eigenvalue weighted by Crippen LogP contribution is 2.36. The number of pyridine rings is 1. The molecular formula is C29H22FN3O4. The van der Waals surface area contributed by atoms with Gasteiger partial charge in [0.05, 0.1) is 10.9 Å². The van der Waals surface area contributed by atoms with Crippen LogP contribution in [0.2, 0.25) is 0 Å². The summed E-state index contributed by atoms with van der Waals surface area (Å²) < 4.78 is 23.3. The molecule has 0 aliphatic carbocycles. The molecule has 7 rings (SSSR count). The van der Waals surface area contributed by atoms with Crippen LogP contribution in [0, 0.1) is 5.82 Å². The maximum atomic E-state index is 15.3. The average molecular weight is 496 g/mol. The number of carbonyl (C=O) groups excluding carboxylic acids is 1. The lowest BCUT2D eigenvalue weighted by molar-refractivity contribution is 0.0791. The number of hydrogen-bond acceptors (Lipinski definition) is 5. The van der Waals surface area contributed by atoms with E-state index < -0.39 is 11.2 Å². The van der Waals surface area contributed by atoms with Gasteiger partial charge in [0.25, 0.3) is 5.91 Å². The number of nitrogens with one attached hydrogen (secondary N) is 1. The number of carbonyl (C=O) groups is 1. The zero-order valence-corrected chi connectivity index (χ0v) is 20.1. The van der Waals surface area contributed by atoms with Gasteiger partial charge in [-0.2, -0.15) is 0 Å². The number of likely N-dealkylation sites (tertiary alicyclic amines) is 1. The summed E-state index contributed by atoms with van der Waals surface area (Å²) in [5.74, 6) is -1.01. The molecule has 0 saturated carbocycles. The van der Waals surface area contributed by atoms with Gasteiger partial charge in [0.15, 0.2) is 22.4 Å². The van der Waals surface area contributed by atoms with E-state index in [1.54, 1.807) is 27.6 Å². The molecule has 1 saturated heterocycles. The van der Waals surface area contributed by atoms with Crippen LogP contribution in [0.4, 0.5) is 10.1 Å². The topological polar surface area (TPSA) is 84.0 Å². The molecule has 1 aliphatic heterocycles. The van der Waals surface area contributed by atoms with Crippen LogP contribution in [0.25, 0.3) is 49.1 Å². The Hall–Kier alpha value is -4.46. The molecule has 0 bridgehead atoms. The van der Waals surface area contributed by atoms with Crippen LogP contribution in [-0.2, 0) is 0 Å². The molecular weight excluding hydrogens is 473 g/mol. The third kappa shape index (κ3) is 2.95. The highest BCUT2D eigenvalue weighted by molar-refractivity contribution is 6.15. The average Bonchev–Trinajstić information content (AvgIpc) is 3.54. The Labute approximate surface area is 209 Å². The first-order valence-corrected chi connectivity index (χ1v) is 12.4. The second-order valence-electron chi connectivity index (χ2n) is 9.57. The first-order valence-electron chi connectivity index (χ1n) is 12.4. The van der Waals surface area contributed by atoms with Crippen LogP contribution in [-0.4, -0.2) is 34.8 Å². The van der Waals surface area contributed by atoms with Crippen LogP contribution >= 0.6 is 0 Å². The second-order valence-corrected chi connectivity index (χ2v) is 9.57. The Morgan fingerprint density at radius 3 is 2.49 bits per heavy atom. The fourth-order valence-corrected chi connectivity index (χ4v) is 5.72. The number of halogens is 1. The van der Waals surface area contributed by atoms with Crippen LogP contribution < -0.4 is 16.2 Å². The number of benzene rings is 3. The highest BCUT2D eigenvalue weighted by atomic mass is 19.1. The number of anilines is 1. The molecule has 3 heterocycles. The number of fused-ring (bicyclic) bond motifs is 5. The molecule has 0 atom stereocenters. The van der Waals surface area contributed by atoms with Gasteiger partial charge in [-0.25, -0.2) is 4.39 Å². The molecule has 8 heteroatoms. The van der Waals surface area contributed by atoms with Crippen molar-refractivity contribution in [2.75, 3.05) is 25.0 Å². The molecule has 2 aromatic heterocycles. The van der Waals surface area contributed by atoms with Crippen LogP contribution in [0.3, 0.4) is 0 Å². The minimum absolute atomic E-state index is 0.0132. The van der Waals surface area contributed by atoms with Gasteiger partial charge in [-0.15, -0.1) is 0 Å². The summed E-state index contributed by atoms with van der Waals surface area (Å²) in [5.41, 5.74) is 0.939. The van der Waals surface area contributed by atoms with Gasteiger partial charge in [-0.1, -0.05) is 24.3 Å². The molecule has 1 N–H and O–H groups in total. The van der Waals surface area contributed by atoms with Crippen molar-refractivity contribution in [2.24, 2.45) is 0 Å². The van der Waals surface area contributed by atoms with Gasteiger partial charge in [-0.05, 0) is 48.7 Å². The van der Waals surface area contributed by atoms with E-state index in [0.29, 0.717) is 47.0 Å². The molecule has 7 nitrogen and oxygen atoms in total. The van der Waals surface area contributed by atoms with Crippen molar-refractivity contribution in [3.8, 4) is 0 Å². The Kier molecular flexibility index (Phi) is 4.58. The van der Waals surface area contributed by atoms with E-state index in [0.717, 1.165) is 23.6 Å². The third-order valence-corrected chi connectivity index (χ3v) is 7.45. The number of hydrogen-bond donors (Lipinski definition) is 1. The van der Waals surface area contributed by atoms with E-state index in [9.17, 15) is 14.4 Å². The SMILES string of the molecule is CCNc1c(F)cc2c(=O)c(C(=O)N3CCCC3)cn3c4cc5c(cc4oc1c23)c(=O)c1ccccc15. The minimum Gasteiger partial charge on any atom is -0.451 e. The van der Waals surface area contributed by atoms with Gasteiger partial charge in [0, 0.05) is 36.6 Å². The lowest BCUT2D eigenvalue weighted by Crippen LogP contribution is -2.32. The molecule has 1 aliphatic rings. The van der Waals surface area contributed by atoms with E-state index in [-0.39, 0.29) is 33.6 Å². The summed E-state index contributed by atoms with van der Waals surface area (Å²) in [6, 6.07) is 12.1. The summed E-state index contributed by atoms with van der Waals surface area (Å²) in [5, 5.41) is 5.73. The molecule has 184 valence electrons. The Morgan fingerprint density at radius 2 is 1.73 bits per heavy atom. The molecule has 4 aromatic carbocycles. The largest absolute Gasteiger partial charge is 0.451 e. The standard InChI is InChI=1S/C29H22FN3O4/c1-2-31-24-21(30)11-19-25-28(24)37-23-13-18-17(15-7-3-4-8-16(15)26(18)34)12-22(23)33(25)14-20(27(19)35)29(36)32-9-5-6-10-32/h3-4,7-8,11-14,31H,2,5-6,9-10H2,1H3. The highest BCUT2D eigenvalue weighted by Gasteiger charge is 2.27.